The van der Waals surface area contributed by atoms with Gasteiger partial charge < -0.3 is 15.5 Å². The van der Waals surface area contributed by atoms with E-state index in [0.717, 1.165) is 0 Å². The molecule has 2 N–H and O–H groups in total. The van der Waals surface area contributed by atoms with Crippen molar-refractivity contribution in [3.8, 4) is 0 Å². The van der Waals surface area contributed by atoms with E-state index >= 15 is 0 Å². The fraction of sp³-hybridized carbons (Fsp3) is 0.172. The molecule has 2 aliphatic rings. The number of hydrogen-bond donors (Lipinski definition) is 2. The Hall–Kier alpha value is -4.79. The minimum Gasteiger partial charge on any atom is -0.348 e. The SMILES string of the molecule is C=CCN1C(=O)N[C@@H](c2ccc(F)cc2)C2=C1CN([C@H](C(=O)NCc1ccccn1)c1ccccc1)C2=O. The highest BCUT2D eigenvalue weighted by molar-refractivity contribution is 6.03. The monoisotopic (exact) mass is 511 g/mol. The number of pyridine rings is 1. The van der Waals surface area contributed by atoms with Gasteiger partial charge in [-0.3, -0.25) is 19.5 Å². The number of halogens is 1. The van der Waals surface area contributed by atoms with Crippen molar-refractivity contribution >= 4 is 17.8 Å². The van der Waals surface area contributed by atoms with Gasteiger partial charge in [-0.05, 0) is 35.4 Å². The molecule has 9 heteroatoms. The molecule has 0 unspecified atom stereocenters. The molecule has 38 heavy (non-hydrogen) atoms. The second kappa shape index (κ2) is 10.7. The molecule has 0 spiro atoms. The second-order valence-electron chi connectivity index (χ2n) is 8.98. The molecule has 192 valence electrons. The molecule has 0 fully saturated rings. The van der Waals surface area contributed by atoms with Gasteiger partial charge in [0.05, 0.1) is 36.1 Å². The van der Waals surface area contributed by atoms with Gasteiger partial charge in [-0.2, -0.15) is 0 Å². The largest absolute Gasteiger partial charge is 0.348 e. The van der Waals surface area contributed by atoms with Crippen molar-refractivity contribution in [1.29, 1.82) is 0 Å². The molecule has 2 atom stereocenters. The summed E-state index contributed by atoms with van der Waals surface area (Å²) < 4.78 is 13.6. The quantitative estimate of drug-likeness (QED) is 0.452. The molecule has 5 rings (SSSR count). The van der Waals surface area contributed by atoms with E-state index in [1.54, 1.807) is 48.7 Å². The Bertz CT molecular complexity index is 1390. The predicted octanol–water partition coefficient (Wildman–Crippen LogP) is 3.63. The summed E-state index contributed by atoms with van der Waals surface area (Å²) in [5.41, 5.74) is 2.72. The van der Waals surface area contributed by atoms with Crippen LogP contribution in [0.4, 0.5) is 9.18 Å². The van der Waals surface area contributed by atoms with Crippen molar-refractivity contribution < 1.29 is 18.8 Å². The van der Waals surface area contributed by atoms with Crippen molar-refractivity contribution in [3.05, 3.63) is 126 Å². The van der Waals surface area contributed by atoms with Gasteiger partial charge in [0.1, 0.15) is 11.9 Å². The predicted molar refractivity (Wildman–Crippen MR) is 139 cm³/mol. The molecule has 1 aromatic heterocycles. The van der Waals surface area contributed by atoms with Crippen molar-refractivity contribution in [2.75, 3.05) is 13.1 Å². The molecular weight excluding hydrogens is 485 g/mol. The van der Waals surface area contributed by atoms with E-state index in [1.807, 2.05) is 12.1 Å². The fourth-order valence-corrected chi connectivity index (χ4v) is 4.83. The van der Waals surface area contributed by atoms with Gasteiger partial charge in [0, 0.05) is 12.7 Å². The van der Waals surface area contributed by atoms with Crippen molar-refractivity contribution in [3.63, 3.8) is 0 Å². The lowest BCUT2D eigenvalue weighted by Crippen LogP contribution is -2.47. The Morgan fingerprint density at radius 3 is 2.53 bits per heavy atom. The molecule has 2 aliphatic heterocycles. The molecule has 4 amide bonds. The maximum absolute atomic E-state index is 14.0. The number of amides is 4. The van der Waals surface area contributed by atoms with E-state index in [2.05, 4.69) is 22.2 Å². The lowest BCUT2D eigenvalue weighted by Gasteiger charge is -2.33. The zero-order valence-corrected chi connectivity index (χ0v) is 20.5. The number of benzene rings is 2. The zero-order valence-electron chi connectivity index (χ0n) is 20.5. The Balaban J connectivity index is 1.51. The van der Waals surface area contributed by atoms with Crippen LogP contribution in [0.1, 0.15) is 28.9 Å². The molecule has 0 saturated heterocycles. The first-order valence-corrected chi connectivity index (χ1v) is 12.2. The van der Waals surface area contributed by atoms with E-state index in [1.165, 1.54) is 34.1 Å². The van der Waals surface area contributed by atoms with E-state index < -0.39 is 23.9 Å². The highest BCUT2D eigenvalue weighted by atomic mass is 19.1. The molecular formula is C29H26FN5O3. The normalized spacial score (nSPS) is 17.7. The lowest BCUT2D eigenvalue weighted by molar-refractivity contribution is -0.136. The third-order valence-electron chi connectivity index (χ3n) is 6.61. The summed E-state index contributed by atoms with van der Waals surface area (Å²) in [6.45, 7) is 4.16. The van der Waals surface area contributed by atoms with Crippen LogP contribution < -0.4 is 10.6 Å². The summed E-state index contributed by atoms with van der Waals surface area (Å²) >= 11 is 0. The number of aromatic nitrogens is 1. The summed E-state index contributed by atoms with van der Waals surface area (Å²) in [7, 11) is 0. The number of carbonyl (C=O) groups excluding carboxylic acids is 3. The van der Waals surface area contributed by atoms with Gasteiger partial charge >= 0.3 is 6.03 Å². The number of nitrogens with one attached hydrogen (secondary N) is 2. The van der Waals surface area contributed by atoms with Gasteiger partial charge in [0.2, 0.25) is 5.91 Å². The van der Waals surface area contributed by atoms with E-state index in [0.29, 0.717) is 28.1 Å². The average Bonchev–Trinajstić information content (AvgIpc) is 3.27. The summed E-state index contributed by atoms with van der Waals surface area (Å²) in [6, 6.07) is 18.0. The Kier molecular flexibility index (Phi) is 6.99. The summed E-state index contributed by atoms with van der Waals surface area (Å²) in [6.07, 6.45) is 3.22. The van der Waals surface area contributed by atoms with Gasteiger partial charge in [-0.15, -0.1) is 6.58 Å². The number of hydrogen-bond acceptors (Lipinski definition) is 4. The van der Waals surface area contributed by atoms with Crippen LogP contribution in [0.3, 0.4) is 0 Å². The zero-order chi connectivity index (χ0) is 26.6. The topological polar surface area (TPSA) is 94.6 Å². The fourth-order valence-electron chi connectivity index (χ4n) is 4.83. The molecule has 0 saturated carbocycles. The van der Waals surface area contributed by atoms with Crippen LogP contribution in [-0.2, 0) is 16.1 Å². The van der Waals surface area contributed by atoms with Gasteiger partial charge in [-0.1, -0.05) is 54.6 Å². The molecule has 3 heterocycles. The van der Waals surface area contributed by atoms with Crippen LogP contribution >= 0.6 is 0 Å². The minimum absolute atomic E-state index is 0.0453. The van der Waals surface area contributed by atoms with Crippen LogP contribution in [0, 0.1) is 5.82 Å². The van der Waals surface area contributed by atoms with Crippen LogP contribution in [0.15, 0.2) is 103 Å². The van der Waals surface area contributed by atoms with E-state index in [-0.39, 0.29) is 31.4 Å². The molecule has 0 bridgehead atoms. The minimum atomic E-state index is -0.951. The van der Waals surface area contributed by atoms with Crippen LogP contribution in [0.2, 0.25) is 0 Å². The Morgan fingerprint density at radius 1 is 1.11 bits per heavy atom. The third kappa shape index (κ3) is 4.78. The summed E-state index contributed by atoms with van der Waals surface area (Å²) in [5, 5.41) is 5.77. The number of nitrogens with zero attached hydrogens (tertiary/aromatic N) is 3. The molecule has 0 radical (unpaired) electrons. The molecule has 3 aromatic rings. The van der Waals surface area contributed by atoms with Gasteiger partial charge in [-0.25, -0.2) is 9.18 Å². The Morgan fingerprint density at radius 2 is 1.84 bits per heavy atom. The third-order valence-corrected chi connectivity index (χ3v) is 6.61. The van der Waals surface area contributed by atoms with Gasteiger partial charge in [0.25, 0.3) is 5.91 Å². The van der Waals surface area contributed by atoms with E-state index in [9.17, 15) is 18.8 Å². The van der Waals surface area contributed by atoms with Crippen LogP contribution in [0.5, 0.6) is 0 Å². The molecule has 8 nitrogen and oxygen atoms in total. The van der Waals surface area contributed by atoms with Crippen LogP contribution in [0.25, 0.3) is 0 Å². The average molecular weight is 512 g/mol. The highest BCUT2D eigenvalue weighted by Crippen LogP contribution is 2.39. The first-order valence-electron chi connectivity index (χ1n) is 12.2. The maximum Gasteiger partial charge on any atom is 0.322 e. The maximum atomic E-state index is 14.0. The first-order chi connectivity index (χ1) is 18.5. The van der Waals surface area contributed by atoms with Gasteiger partial charge in [0.15, 0.2) is 0 Å². The second-order valence-corrected chi connectivity index (χ2v) is 8.98. The Labute approximate surface area is 219 Å². The molecule has 2 aromatic carbocycles. The first kappa shape index (κ1) is 24.9. The summed E-state index contributed by atoms with van der Waals surface area (Å²) in [4.78, 5) is 47.9. The van der Waals surface area contributed by atoms with E-state index in [4.69, 9.17) is 0 Å². The van der Waals surface area contributed by atoms with Crippen molar-refractivity contribution in [2.24, 2.45) is 0 Å². The lowest BCUT2D eigenvalue weighted by atomic mass is 9.95. The van der Waals surface area contributed by atoms with Crippen molar-refractivity contribution in [2.45, 2.75) is 18.6 Å². The number of carbonyl (C=O) groups is 3. The smallest absolute Gasteiger partial charge is 0.322 e. The number of urea groups is 1. The molecule has 0 aliphatic carbocycles. The number of rotatable bonds is 8. The van der Waals surface area contributed by atoms with Crippen molar-refractivity contribution in [1.82, 2.24) is 25.4 Å². The standard InChI is InChI=1S/C29H26FN5O3/c1-2-16-34-23-18-35(28(37)24(23)25(33-29(34)38)19-11-13-21(30)14-12-19)26(20-8-4-3-5-9-20)27(36)32-17-22-10-6-7-15-31-22/h2-15,25-26H,1,16-18H2,(H,32,36)(H,33,38)/t25-,26-/m0/s1. The van der Waals surface area contributed by atoms with Crippen LogP contribution in [-0.4, -0.2) is 45.7 Å². The highest BCUT2D eigenvalue weighted by Gasteiger charge is 2.47. The summed E-state index contributed by atoms with van der Waals surface area (Å²) in [5.74, 6) is -1.18.